The van der Waals surface area contributed by atoms with Crippen molar-refractivity contribution in [3.05, 3.63) is 64.0 Å². The number of carbonyl (C=O) groups is 2. The molecule has 140 valence electrons. The smallest absolute Gasteiger partial charge is 0.273 e. The van der Waals surface area contributed by atoms with Gasteiger partial charge in [0.25, 0.3) is 5.91 Å². The highest BCUT2D eigenvalue weighted by atomic mass is 32.1. The lowest BCUT2D eigenvalue weighted by Gasteiger charge is -2.06. The summed E-state index contributed by atoms with van der Waals surface area (Å²) < 4.78 is 14.7. The van der Waals surface area contributed by atoms with Crippen LogP contribution in [0.2, 0.25) is 0 Å². The third-order valence-electron chi connectivity index (χ3n) is 4.27. The van der Waals surface area contributed by atoms with E-state index in [9.17, 15) is 14.0 Å². The zero-order chi connectivity index (χ0) is 19.6. The summed E-state index contributed by atoms with van der Waals surface area (Å²) in [7, 11) is 1.82. The molecule has 0 spiro atoms. The number of nitrogens with zero attached hydrogens (tertiary/aromatic N) is 2. The van der Waals surface area contributed by atoms with E-state index in [2.05, 4.69) is 16.0 Å². The fourth-order valence-electron chi connectivity index (χ4n) is 2.70. The van der Waals surface area contributed by atoms with Crippen molar-refractivity contribution in [2.45, 2.75) is 20.3 Å². The van der Waals surface area contributed by atoms with Crippen molar-refractivity contribution in [3.63, 3.8) is 0 Å². The molecule has 0 aliphatic rings. The largest absolute Gasteiger partial charge is 0.279 e. The Morgan fingerprint density at radius 2 is 1.81 bits per heavy atom. The van der Waals surface area contributed by atoms with Crippen LogP contribution in [0.3, 0.4) is 0 Å². The zero-order valence-electron chi connectivity index (χ0n) is 15.2. The molecule has 2 aromatic heterocycles. The standard InChI is InChI=1S/C19H19FN4O2S/c1-11-15(12(2)24(3)23-11)10-18(25)21-22-19(26)17-9-8-16(27-17)13-4-6-14(20)7-5-13/h4-9H,10H2,1-3H3,(H,21,25)(H,22,26). The highest BCUT2D eigenvalue weighted by Crippen LogP contribution is 2.28. The SMILES string of the molecule is Cc1nn(C)c(C)c1CC(=O)NNC(=O)c1ccc(-c2ccc(F)cc2)s1. The molecule has 0 saturated carbocycles. The van der Waals surface area contributed by atoms with Gasteiger partial charge in [-0.2, -0.15) is 5.10 Å². The van der Waals surface area contributed by atoms with Gasteiger partial charge in [-0.3, -0.25) is 25.1 Å². The van der Waals surface area contributed by atoms with Crippen LogP contribution in [0.4, 0.5) is 4.39 Å². The molecule has 1 aromatic carbocycles. The number of aryl methyl sites for hydroxylation is 2. The van der Waals surface area contributed by atoms with Crippen LogP contribution in [0.5, 0.6) is 0 Å². The van der Waals surface area contributed by atoms with Gasteiger partial charge in [-0.15, -0.1) is 11.3 Å². The summed E-state index contributed by atoms with van der Waals surface area (Å²) >= 11 is 1.26. The molecule has 3 aromatic rings. The van der Waals surface area contributed by atoms with Crippen LogP contribution in [0.15, 0.2) is 36.4 Å². The van der Waals surface area contributed by atoms with Crippen molar-refractivity contribution >= 4 is 23.2 Å². The number of rotatable bonds is 4. The Labute approximate surface area is 160 Å². The van der Waals surface area contributed by atoms with E-state index < -0.39 is 5.91 Å². The lowest BCUT2D eigenvalue weighted by molar-refractivity contribution is -0.121. The zero-order valence-corrected chi connectivity index (χ0v) is 16.0. The Morgan fingerprint density at radius 1 is 1.11 bits per heavy atom. The fraction of sp³-hybridized carbons (Fsp3) is 0.211. The summed E-state index contributed by atoms with van der Waals surface area (Å²) in [4.78, 5) is 25.7. The maximum absolute atomic E-state index is 13.0. The van der Waals surface area contributed by atoms with Gasteiger partial charge in [0, 0.05) is 23.2 Å². The molecule has 0 bridgehead atoms. The maximum Gasteiger partial charge on any atom is 0.279 e. The molecular formula is C19H19FN4O2S. The summed E-state index contributed by atoms with van der Waals surface area (Å²) in [5.41, 5.74) is 8.23. The van der Waals surface area contributed by atoms with Gasteiger partial charge in [-0.1, -0.05) is 12.1 Å². The number of carbonyl (C=O) groups excluding carboxylic acids is 2. The van der Waals surface area contributed by atoms with Crippen LogP contribution in [-0.4, -0.2) is 21.6 Å². The number of thiophene rings is 1. The highest BCUT2D eigenvalue weighted by Gasteiger charge is 2.15. The minimum absolute atomic E-state index is 0.136. The van der Waals surface area contributed by atoms with Gasteiger partial charge in [-0.25, -0.2) is 4.39 Å². The molecule has 2 heterocycles. The summed E-state index contributed by atoms with van der Waals surface area (Å²) in [6.07, 6.45) is 0.136. The Balaban J connectivity index is 1.59. The van der Waals surface area contributed by atoms with Crippen molar-refractivity contribution in [3.8, 4) is 10.4 Å². The van der Waals surface area contributed by atoms with Crippen molar-refractivity contribution in [2.24, 2.45) is 7.05 Å². The van der Waals surface area contributed by atoms with E-state index in [4.69, 9.17) is 0 Å². The van der Waals surface area contributed by atoms with E-state index in [0.29, 0.717) is 4.88 Å². The summed E-state index contributed by atoms with van der Waals surface area (Å²) in [6, 6.07) is 9.51. The molecule has 0 fully saturated rings. The van der Waals surface area contributed by atoms with Gasteiger partial charge in [0.05, 0.1) is 17.0 Å². The van der Waals surface area contributed by atoms with Gasteiger partial charge < -0.3 is 0 Å². The van der Waals surface area contributed by atoms with Gasteiger partial charge in [0.2, 0.25) is 5.91 Å². The van der Waals surface area contributed by atoms with E-state index in [0.717, 1.165) is 27.4 Å². The summed E-state index contributed by atoms with van der Waals surface area (Å²) in [5.74, 6) is -1.03. The number of aromatic nitrogens is 2. The number of amides is 2. The predicted molar refractivity (Wildman–Crippen MR) is 102 cm³/mol. The molecule has 0 aliphatic heterocycles. The van der Waals surface area contributed by atoms with Crippen LogP contribution < -0.4 is 10.9 Å². The first-order valence-electron chi connectivity index (χ1n) is 8.29. The average molecular weight is 386 g/mol. The van der Waals surface area contributed by atoms with Crippen LogP contribution in [0.1, 0.15) is 26.6 Å². The first kappa shape index (κ1) is 18.8. The second-order valence-electron chi connectivity index (χ2n) is 6.12. The molecule has 0 unspecified atom stereocenters. The van der Waals surface area contributed by atoms with E-state index in [1.54, 1.807) is 28.9 Å². The third-order valence-corrected chi connectivity index (χ3v) is 5.40. The third kappa shape index (κ3) is 4.22. The Hall–Kier alpha value is -3.00. The number of benzene rings is 1. The number of halogens is 1. The fourth-order valence-corrected chi connectivity index (χ4v) is 3.60. The van der Waals surface area contributed by atoms with E-state index in [1.807, 2.05) is 20.9 Å². The van der Waals surface area contributed by atoms with Crippen molar-refractivity contribution in [1.29, 1.82) is 0 Å². The molecule has 0 aliphatic carbocycles. The number of nitrogens with one attached hydrogen (secondary N) is 2. The first-order chi connectivity index (χ1) is 12.8. The molecule has 27 heavy (non-hydrogen) atoms. The minimum Gasteiger partial charge on any atom is -0.273 e. The number of hydrogen-bond donors (Lipinski definition) is 2. The normalized spacial score (nSPS) is 10.7. The first-order valence-corrected chi connectivity index (χ1v) is 9.11. The Bertz CT molecular complexity index is 992. The average Bonchev–Trinajstić information content (AvgIpc) is 3.22. The van der Waals surface area contributed by atoms with Crippen LogP contribution in [0.25, 0.3) is 10.4 Å². The van der Waals surface area contributed by atoms with E-state index in [1.165, 1.54) is 23.5 Å². The molecule has 8 heteroatoms. The number of hydrazine groups is 1. The topological polar surface area (TPSA) is 76.0 Å². The lowest BCUT2D eigenvalue weighted by atomic mass is 10.1. The monoisotopic (exact) mass is 386 g/mol. The Morgan fingerprint density at radius 3 is 2.44 bits per heavy atom. The van der Waals surface area contributed by atoms with Crippen molar-refractivity contribution < 1.29 is 14.0 Å². The van der Waals surface area contributed by atoms with Crippen LogP contribution >= 0.6 is 11.3 Å². The molecular weight excluding hydrogens is 367 g/mol. The summed E-state index contributed by atoms with van der Waals surface area (Å²) in [6.45, 7) is 3.74. The molecule has 0 saturated heterocycles. The van der Waals surface area contributed by atoms with Gasteiger partial charge in [-0.05, 0) is 43.7 Å². The maximum atomic E-state index is 13.0. The minimum atomic E-state index is -0.402. The second kappa shape index (κ2) is 7.71. The van der Waals surface area contributed by atoms with Crippen molar-refractivity contribution in [2.75, 3.05) is 0 Å². The summed E-state index contributed by atoms with van der Waals surface area (Å²) in [5, 5.41) is 4.27. The molecule has 3 rings (SSSR count). The molecule has 6 nitrogen and oxygen atoms in total. The quantitative estimate of drug-likeness (QED) is 0.677. The Kier molecular flexibility index (Phi) is 5.36. The van der Waals surface area contributed by atoms with Crippen molar-refractivity contribution in [1.82, 2.24) is 20.6 Å². The van der Waals surface area contributed by atoms with Crippen LogP contribution in [0, 0.1) is 19.7 Å². The number of hydrogen-bond acceptors (Lipinski definition) is 4. The van der Waals surface area contributed by atoms with Gasteiger partial charge in [0.1, 0.15) is 5.82 Å². The second-order valence-corrected chi connectivity index (χ2v) is 7.21. The van der Waals surface area contributed by atoms with Crippen LogP contribution in [-0.2, 0) is 18.3 Å². The highest BCUT2D eigenvalue weighted by molar-refractivity contribution is 7.17. The lowest BCUT2D eigenvalue weighted by Crippen LogP contribution is -2.42. The van der Waals surface area contributed by atoms with Gasteiger partial charge in [0.15, 0.2) is 0 Å². The molecule has 2 N–H and O–H groups in total. The molecule has 0 atom stereocenters. The van der Waals surface area contributed by atoms with E-state index >= 15 is 0 Å². The molecule has 0 radical (unpaired) electrons. The predicted octanol–water partition coefficient (Wildman–Crippen LogP) is 2.91. The molecule has 2 amide bonds. The van der Waals surface area contributed by atoms with E-state index in [-0.39, 0.29) is 18.1 Å². The van der Waals surface area contributed by atoms with Gasteiger partial charge >= 0.3 is 0 Å².